The molecule has 3 N–H and O–H groups in total. The van der Waals surface area contributed by atoms with Crippen LogP contribution in [0.1, 0.15) is 6.23 Å². The molecule has 5 unspecified atom stereocenters. The molecule has 15 heteroatoms. The summed E-state index contributed by atoms with van der Waals surface area (Å²) in [6.07, 6.45) is -1.30. The fourth-order valence-corrected chi connectivity index (χ4v) is 6.81. The number of phosphoric acid groups is 1. The predicted molar refractivity (Wildman–Crippen MR) is 119 cm³/mol. The highest BCUT2D eigenvalue weighted by Crippen LogP contribution is 2.53. The summed E-state index contributed by atoms with van der Waals surface area (Å²) in [7, 11) is -2.69. The van der Waals surface area contributed by atoms with E-state index in [1.54, 1.807) is 4.57 Å². The van der Waals surface area contributed by atoms with Crippen LogP contribution in [0.15, 0.2) is 40.1 Å². The first-order chi connectivity index (χ1) is 15.9. The van der Waals surface area contributed by atoms with E-state index in [4.69, 9.17) is 24.3 Å². The van der Waals surface area contributed by atoms with Gasteiger partial charge in [0, 0.05) is 7.11 Å². The van der Waals surface area contributed by atoms with Gasteiger partial charge in [0.2, 0.25) is 0 Å². The summed E-state index contributed by atoms with van der Waals surface area (Å²) >= 11 is 2.84. The van der Waals surface area contributed by atoms with E-state index in [0.29, 0.717) is 16.3 Å². The third-order valence-electron chi connectivity index (χ3n) is 5.37. The largest absolute Gasteiger partial charge is 0.472 e. The Morgan fingerprint density at radius 3 is 3.00 bits per heavy atom. The summed E-state index contributed by atoms with van der Waals surface area (Å²) in [5, 5.41) is 0.407. The van der Waals surface area contributed by atoms with Crippen molar-refractivity contribution < 1.29 is 28.0 Å². The van der Waals surface area contributed by atoms with Gasteiger partial charge in [-0.2, -0.15) is 0 Å². The Balaban J connectivity index is 1.36. The number of hydrogen-bond acceptors (Lipinski definition) is 12. The van der Waals surface area contributed by atoms with Crippen LogP contribution < -0.4 is 5.73 Å². The molecule has 172 valence electrons. The highest BCUT2D eigenvalue weighted by atomic mass is 32.2. The highest BCUT2D eigenvalue weighted by Gasteiger charge is 2.53. The first-order valence-electron chi connectivity index (χ1n) is 9.79. The fraction of sp³-hybridized carbons (Fsp3) is 0.333. The molecule has 12 nitrogen and oxygen atoms in total. The van der Waals surface area contributed by atoms with Gasteiger partial charge >= 0.3 is 7.82 Å². The summed E-state index contributed by atoms with van der Waals surface area (Å²) in [4.78, 5) is 27.7. The number of methoxy groups -OCH3 is 1. The van der Waals surface area contributed by atoms with Crippen LogP contribution in [0.4, 0.5) is 5.82 Å². The number of aromatic nitrogens is 5. The number of nitrogens with two attached hydrogens (primary N) is 1. The molecule has 5 heterocycles. The number of nitrogen functional groups attached to an aromatic ring is 1. The molecule has 0 saturated carbocycles. The number of thiazole rings is 1. The van der Waals surface area contributed by atoms with Gasteiger partial charge in [0.25, 0.3) is 0 Å². The Hall–Kier alpha value is -2.16. The van der Waals surface area contributed by atoms with Crippen LogP contribution in [0.3, 0.4) is 0 Å². The van der Waals surface area contributed by atoms with Crippen molar-refractivity contribution >= 4 is 58.1 Å². The zero-order valence-electron chi connectivity index (χ0n) is 17.0. The third-order valence-corrected chi connectivity index (χ3v) is 8.32. The Kier molecular flexibility index (Phi) is 5.16. The van der Waals surface area contributed by atoms with Gasteiger partial charge in [-0.15, -0.1) is 11.3 Å². The number of hydrogen-bond donors (Lipinski definition) is 2. The predicted octanol–water partition coefficient (Wildman–Crippen LogP) is 2.60. The van der Waals surface area contributed by atoms with E-state index in [1.807, 2.05) is 24.3 Å². The Bertz CT molecular complexity index is 1380. The van der Waals surface area contributed by atoms with Gasteiger partial charge in [-0.3, -0.25) is 13.6 Å². The molecule has 2 aliphatic rings. The highest BCUT2D eigenvalue weighted by molar-refractivity contribution is 8.01. The van der Waals surface area contributed by atoms with Crippen molar-refractivity contribution in [1.82, 2.24) is 24.5 Å². The molecular formula is C18H17N6O6PS2. The molecule has 33 heavy (non-hydrogen) atoms. The lowest BCUT2D eigenvalue weighted by Gasteiger charge is -2.29. The molecule has 2 saturated heterocycles. The monoisotopic (exact) mass is 508 g/mol. The molecule has 2 fully saturated rings. The van der Waals surface area contributed by atoms with Gasteiger partial charge in [-0.25, -0.2) is 24.5 Å². The van der Waals surface area contributed by atoms with Gasteiger partial charge in [0.05, 0.1) is 23.2 Å². The second-order valence-electron chi connectivity index (χ2n) is 7.36. The SMILES string of the molecule is COC1C2OP(=O)(O)OCC2OC1n1cnc2c(N)nc(Sc3nc4ccccc4s3)nc21. The van der Waals surface area contributed by atoms with Crippen LogP contribution in [0.25, 0.3) is 21.4 Å². The van der Waals surface area contributed by atoms with E-state index in [1.165, 1.54) is 36.5 Å². The number of ether oxygens (including phenoxy) is 2. The number of imidazole rings is 1. The minimum absolute atomic E-state index is 0.0999. The van der Waals surface area contributed by atoms with Gasteiger partial charge in [-0.05, 0) is 23.9 Å². The zero-order chi connectivity index (χ0) is 22.7. The number of benzene rings is 1. The zero-order valence-corrected chi connectivity index (χ0v) is 19.5. The van der Waals surface area contributed by atoms with Crippen molar-refractivity contribution in [2.45, 2.75) is 34.0 Å². The smallest absolute Gasteiger partial charge is 0.382 e. The molecule has 4 aromatic rings. The van der Waals surface area contributed by atoms with Gasteiger partial charge in [0.15, 0.2) is 27.2 Å². The molecule has 3 aromatic heterocycles. The van der Waals surface area contributed by atoms with Crippen molar-refractivity contribution in [3.8, 4) is 0 Å². The summed E-state index contributed by atoms with van der Waals surface area (Å²) in [6.45, 7) is -0.0999. The average Bonchev–Trinajstić information content (AvgIpc) is 3.47. The van der Waals surface area contributed by atoms with Gasteiger partial charge in [0.1, 0.15) is 23.8 Å². The van der Waals surface area contributed by atoms with Crippen LogP contribution in [0, 0.1) is 0 Å². The molecule has 0 aliphatic carbocycles. The maximum atomic E-state index is 11.9. The van der Waals surface area contributed by atoms with Gasteiger partial charge < -0.3 is 20.1 Å². The summed E-state index contributed by atoms with van der Waals surface area (Å²) in [6, 6.07) is 7.85. The summed E-state index contributed by atoms with van der Waals surface area (Å²) < 4.78 is 37.2. The molecular weight excluding hydrogens is 491 g/mol. The Morgan fingerprint density at radius 2 is 2.18 bits per heavy atom. The van der Waals surface area contributed by atoms with Crippen LogP contribution in [-0.4, -0.2) is 61.4 Å². The van der Waals surface area contributed by atoms with Crippen molar-refractivity contribution in [3.63, 3.8) is 0 Å². The maximum Gasteiger partial charge on any atom is 0.472 e. The maximum absolute atomic E-state index is 11.9. The van der Waals surface area contributed by atoms with E-state index in [-0.39, 0.29) is 12.4 Å². The van der Waals surface area contributed by atoms with Crippen LogP contribution in [0.5, 0.6) is 0 Å². The van der Waals surface area contributed by atoms with E-state index in [2.05, 4.69) is 19.9 Å². The van der Waals surface area contributed by atoms with E-state index < -0.39 is 32.4 Å². The van der Waals surface area contributed by atoms with Crippen molar-refractivity contribution in [2.24, 2.45) is 0 Å². The Morgan fingerprint density at radius 1 is 1.33 bits per heavy atom. The fourth-order valence-electron chi connectivity index (χ4n) is 3.92. The normalized spacial score (nSPS) is 29.6. The van der Waals surface area contributed by atoms with E-state index in [9.17, 15) is 9.46 Å². The first-order valence-corrected chi connectivity index (χ1v) is 12.9. The van der Waals surface area contributed by atoms with Crippen molar-refractivity contribution in [1.29, 1.82) is 0 Å². The summed E-state index contributed by atoms with van der Waals surface area (Å²) in [5.41, 5.74) is 7.91. The molecule has 2 aliphatic heterocycles. The number of para-hydroxylation sites is 1. The molecule has 0 radical (unpaired) electrons. The van der Waals surface area contributed by atoms with Gasteiger partial charge in [-0.1, -0.05) is 12.1 Å². The average molecular weight is 508 g/mol. The number of anilines is 1. The molecule has 0 amide bonds. The third kappa shape index (κ3) is 3.72. The van der Waals surface area contributed by atoms with E-state index >= 15 is 0 Å². The van der Waals surface area contributed by atoms with E-state index in [0.717, 1.165) is 14.6 Å². The number of phosphoric ester groups is 1. The van der Waals surface area contributed by atoms with Crippen molar-refractivity contribution in [2.75, 3.05) is 19.5 Å². The number of nitrogens with zero attached hydrogens (tertiary/aromatic N) is 5. The molecule has 6 rings (SSSR count). The standard InChI is InChI=1S/C18H17N6O6PS2/c1-27-13-12-9(6-28-31(25,26)30-12)29-16(13)24-7-20-11-14(19)22-17(23-15(11)24)33-18-21-8-4-2-3-5-10(8)32-18/h2-5,7,9,12-13,16H,6H2,1H3,(H,25,26)(H2,19,22,23). The molecule has 5 atom stereocenters. The van der Waals surface area contributed by atoms with Crippen molar-refractivity contribution in [3.05, 3.63) is 30.6 Å². The van der Waals surface area contributed by atoms with Crippen LogP contribution in [0.2, 0.25) is 0 Å². The van der Waals surface area contributed by atoms with Crippen LogP contribution >= 0.6 is 30.9 Å². The number of fused-ring (bicyclic) bond motifs is 3. The topological polar surface area (TPSA) is 157 Å². The lowest BCUT2D eigenvalue weighted by atomic mass is 10.1. The molecule has 0 bridgehead atoms. The molecule has 1 aromatic carbocycles. The first kappa shape index (κ1) is 21.4. The lowest BCUT2D eigenvalue weighted by molar-refractivity contribution is -0.0667. The molecule has 0 spiro atoms. The minimum atomic E-state index is -4.17. The lowest BCUT2D eigenvalue weighted by Crippen LogP contribution is -2.40. The minimum Gasteiger partial charge on any atom is -0.382 e. The summed E-state index contributed by atoms with van der Waals surface area (Å²) in [5.74, 6) is 0.214. The quantitative estimate of drug-likeness (QED) is 0.307. The number of rotatable bonds is 4. The second kappa shape index (κ2) is 7.96. The second-order valence-corrected chi connectivity index (χ2v) is 11.0. The Labute approximate surface area is 194 Å². The van der Waals surface area contributed by atoms with Crippen LogP contribution in [-0.2, 0) is 23.1 Å².